The van der Waals surface area contributed by atoms with Gasteiger partial charge in [-0.2, -0.15) is 0 Å². The Bertz CT molecular complexity index is 456. The van der Waals surface area contributed by atoms with Crippen LogP contribution in [0.4, 0.5) is 0 Å². The molecule has 0 aliphatic carbocycles. The number of piperidine rings is 1. The van der Waals surface area contributed by atoms with Gasteiger partial charge in [-0.1, -0.05) is 6.92 Å². The van der Waals surface area contributed by atoms with Crippen LogP contribution in [0.2, 0.25) is 0 Å². The van der Waals surface area contributed by atoms with Crippen molar-refractivity contribution in [1.82, 2.24) is 10.2 Å². The van der Waals surface area contributed by atoms with Crippen LogP contribution in [-0.2, 0) is 4.79 Å². The first-order valence-electron chi connectivity index (χ1n) is 7.23. The summed E-state index contributed by atoms with van der Waals surface area (Å²) in [4.78, 5) is 26.1. The van der Waals surface area contributed by atoms with E-state index in [2.05, 4.69) is 5.32 Å². The summed E-state index contributed by atoms with van der Waals surface area (Å²) >= 11 is 0. The van der Waals surface area contributed by atoms with Gasteiger partial charge in [-0.15, -0.1) is 0 Å². The summed E-state index contributed by atoms with van der Waals surface area (Å²) in [6.07, 6.45) is 5.56. The number of likely N-dealkylation sites (tertiary alicyclic amines) is 1. The molecular formula is C15H22N2O3. The highest BCUT2D eigenvalue weighted by molar-refractivity contribution is 5.94. The minimum absolute atomic E-state index is 0.0558. The fourth-order valence-electron chi connectivity index (χ4n) is 2.41. The molecule has 0 saturated carbocycles. The van der Waals surface area contributed by atoms with E-state index in [0.29, 0.717) is 18.7 Å². The summed E-state index contributed by atoms with van der Waals surface area (Å²) < 4.78 is 4.94. The molecule has 1 N–H and O–H groups in total. The molecule has 0 unspecified atom stereocenters. The van der Waals surface area contributed by atoms with Crippen LogP contribution in [0, 0.1) is 5.92 Å². The fraction of sp³-hybridized carbons (Fsp3) is 0.600. The normalized spacial score (nSPS) is 20.5. The van der Waals surface area contributed by atoms with Gasteiger partial charge in [0, 0.05) is 19.1 Å². The lowest BCUT2D eigenvalue weighted by Gasteiger charge is -2.32. The molecule has 2 heterocycles. The third kappa shape index (κ3) is 3.40. The zero-order valence-electron chi connectivity index (χ0n) is 12.1. The maximum Gasteiger partial charge on any atom is 0.257 e. The highest BCUT2D eigenvalue weighted by atomic mass is 16.3. The Hall–Kier alpha value is -1.78. The number of hydrogen-bond donors (Lipinski definition) is 1. The Morgan fingerprint density at radius 2 is 2.35 bits per heavy atom. The molecule has 0 bridgehead atoms. The van der Waals surface area contributed by atoms with Crippen LogP contribution in [0.25, 0.3) is 0 Å². The molecule has 1 saturated heterocycles. The predicted molar refractivity (Wildman–Crippen MR) is 75.2 cm³/mol. The lowest BCUT2D eigenvalue weighted by Crippen LogP contribution is -2.47. The van der Waals surface area contributed by atoms with Crippen LogP contribution in [0.15, 0.2) is 23.0 Å². The number of rotatable bonds is 4. The number of carbonyl (C=O) groups excluding carboxylic acids is 2. The maximum absolute atomic E-state index is 12.2. The van der Waals surface area contributed by atoms with Crippen molar-refractivity contribution >= 4 is 11.8 Å². The topological polar surface area (TPSA) is 62.6 Å². The molecule has 1 aromatic heterocycles. The van der Waals surface area contributed by atoms with Gasteiger partial charge in [-0.3, -0.25) is 9.59 Å². The van der Waals surface area contributed by atoms with E-state index in [1.54, 1.807) is 11.0 Å². The van der Waals surface area contributed by atoms with E-state index in [9.17, 15) is 9.59 Å². The number of hydrogen-bond acceptors (Lipinski definition) is 3. The molecule has 0 spiro atoms. The van der Waals surface area contributed by atoms with Crippen molar-refractivity contribution in [2.75, 3.05) is 13.1 Å². The fourth-order valence-corrected chi connectivity index (χ4v) is 2.41. The average Bonchev–Trinajstić information content (AvgIpc) is 3.00. The van der Waals surface area contributed by atoms with Crippen LogP contribution >= 0.6 is 0 Å². The summed E-state index contributed by atoms with van der Waals surface area (Å²) in [6, 6.07) is 1.84. The van der Waals surface area contributed by atoms with Crippen molar-refractivity contribution in [1.29, 1.82) is 0 Å². The number of nitrogens with zero attached hydrogens (tertiary/aromatic N) is 1. The Morgan fingerprint density at radius 3 is 3.00 bits per heavy atom. The number of nitrogens with one attached hydrogen (secondary N) is 1. The Kier molecular flexibility index (Phi) is 4.82. The van der Waals surface area contributed by atoms with Crippen LogP contribution in [0.5, 0.6) is 0 Å². The molecule has 1 fully saturated rings. The van der Waals surface area contributed by atoms with Crippen LogP contribution < -0.4 is 5.32 Å². The van der Waals surface area contributed by atoms with E-state index in [1.807, 2.05) is 13.8 Å². The quantitative estimate of drug-likeness (QED) is 0.916. The van der Waals surface area contributed by atoms with Crippen molar-refractivity contribution in [3.8, 4) is 0 Å². The summed E-state index contributed by atoms with van der Waals surface area (Å²) in [5.41, 5.74) is 0.549. The average molecular weight is 278 g/mol. The van der Waals surface area contributed by atoms with Crippen molar-refractivity contribution in [2.45, 2.75) is 39.2 Å². The van der Waals surface area contributed by atoms with Gasteiger partial charge in [0.1, 0.15) is 6.26 Å². The van der Waals surface area contributed by atoms with Crippen LogP contribution in [0.1, 0.15) is 43.5 Å². The Morgan fingerprint density at radius 1 is 1.55 bits per heavy atom. The monoisotopic (exact) mass is 278 g/mol. The van der Waals surface area contributed by atoms with Gasteiger partial charge in [0.05, 0.1) is 17.7 Å². The highest BCUT2D eigenvalue weighted by Gasteiger charge is 2.29. The molecule has 1 aromatic rings. The van der Waals surface area contributed by atoms with E-state index in [-0.39, 0.29) is 23.8 Å². The molecule has 1 aliphatic rings. The minimum atomic E-state index is -0.103. The zero-order valence-corrected chi connectivity index (χ0v) is 12.1. The summed E-state index contributed by atoms with van der Waals surface area (Å²) in [5.74, 6) is -0.0996. The number of furan rings is 1. The Balaban J connectivity index is 1.95. The van der Waals surface area contributed by atoms with E-state index in [4.69, 9.17) is 4.42 Å². The largest absolute Gasteiger partial charge is 0.472 e. The highest BCUT2D eigenvalue weighted by Crippen LogP contribution is 2.19. The molecular weight excluding hydrogens is 256 g/mol. The molecule has 1 aliphatic heterocycles. The second kappa shape index (κ2) is 6.59. The molecule has 2 rings (SSSR count). The van der Waals surface area contributed by atoms with E-state index < -0.39 is 0 Å². The second-order valence-corrected chi connectivity index (χ2v) is 5.42. The van der Waals surface area contributed by atoms with Crippen molar-refractivity contribution < 1.29 is 14.0 Å². The number of amides is 2. The van der Waals surface area contributed by atoms with Crippen molar-refractivity contribution in [2.24, 2.45) is 5.92 Å². The predicted octanol–water partition coefficient (Wildman–Crippen LogP) is 2.05. The van der Waals surface area contributed by atoms with Gasteiger partial charge in [-0.05, 0) is 32.3 Å². The molecule has 5 heteroatoms. The molecule has 0 radical (unpaired) electrons. The van der Waals surface area contributed by atoms with Crippen LogP contribution in [-0.4, -0.2) is 35.8 Å². The van der Waals surface area contributed by atoms with Gasteiger partial charge >= 0.3 is 0 Å². The molecule has 2 atom stereocenters. The third-order valence-corrected chi connectivity index (χ3v) is 3.85. The third-order valence-electron chi connectivity index (χ3n) is 3.85. The Labute approximate surface area is 119 Å². The molecule has 0 aromatic carbocycles. The standard InChI is InChI=1S/C15H22N2O3/c1-3-11(2)16-14(18)12-5-4-7-17(9-12)15(19)13-6-8-20-10-13/h6,8,10-12H,3-5,7,9H2,1-2H3,(H,16,18)/t11-,12+/m0/s1. The second-order valence-electron chi connectivity index (χ2n) is 5.42. The van der Waals surface area contributed by atoms with Gasteiger partial charge in [0.25, 0.3) is 5.91 Å². The van der Waals surface area contributed by atoms with E-state index in [1.165, 1.54) is 12.5 Å². The molecule has 5 nitrogen and oxygen atoms in total. The zero-order chi connectivity index (χ0) is 14.5. The van der Waals surface area contributed by atoms with Gasteiger partial charge in [0.15, 0.2) is 0 Å². The lowest BCUT2D eigenvalue weighted by atomic mass is 9.96. The van der Waals surface area contributed by atoms with Gasteiger partial charge in [0.2, 0.25) is 5.91 Å². The summed E-state index contributed by atoms with van der Waals surface area (Å²) in [7, 11) is 0. The molecule has 20 heavy (non-hydrogen) atoms. The molecule has 2 amide bonds. The SMILES string of the molecule is CC[C@H](C)NC(=O)[C@@H]1CCCN(C(=O)c2ccoc2)C1. The van der Waals surface area contributed by atoms with Gasteiger partial charge in [-0.25, -0.2) is 0 Å². The minimum Gasteiger partial charge on any atom is -0.472 e. The number of carbonyl (C=O) groups is 2. The van der Waals surface area contributed by atoms with Gasteiger partial charge < -0.3 is 14.6 Å². The maximum atomic E-state index is 12.2. The smallest absolute Gasteiger partial charge is 0.257 e. The summed E-state index contributed by atoms with van der Waals surface area (Å²) in [6.45, 7) is 5.24. The van der Waals surface area contributed by atoms with Crippen molar-refractivity contribution in [3.63, 3.8) is 0 Å². The first-order chi connectivity index (χ1) is 9.61. The summed E-state index contributed by atoms with van der Waals surface area (Å²) in [5, 5.41) is 3.00. The van der Waals surface area contributed by atoms with E-state index in [0.717, 1.165) is 19.3 Å². The first kappa shape index (κ1) is 14.6. The first-order valence-corrected chi connectivity index (χ1v) is 7.23. The van der Waals surface area contributed by atoms with E-state index >= 15 is 0 Å². The van der Waals surface area contributed by atoms with Crippen LogP contribution in [0.3, 0.4) is 0 Å². The van der Waals surface area contributed by atoms with Crippen molar-refractivity contribution in [3.05, 3.63) is 24.2 Å². The molecule has 110 valence electrons. The lowest BCUT2D eigenvalue weighted by molar-refractivity contribution is -0.126.